The third kappa shape index (κ3) is 14.6. The molecular weight excluding hydrogens is 380 g/mol. The molecule has 0 aromatic carbocycles. The minimum absolute atomic E-state index is 0.806. The van der Waals surface area contributed by atoms with Crippen molar-refractivity contribution in [3.05, 3.63) is 11.6 Å². The highest BCUT2D eigenvalue weighted by Gasteiger charge is 2.19. The van der Waals surface area contributed by atoms with Gasteiger partial charge < -0.3 is 20.8 Å². The maximum absolute atomic E-state index is 9.00. The lowest BCUT2D eigenvalue weighted by Crippen LogP contribution is -2.36. The highest BCUT2D eigenvalue weighted by molar-refractivity contribution is 5.63. The summed E-state index contributed by atoms with van der Waals surface area (Å²) in [6.45, 7) is 4.58. The van der Waals surface area contributed by atoms with E-state index in [2.05, 4.69) is 16.7 Å². The predicted octanol–water partition coefficient (Wildman–Crippen LogP) is 4.74. The molecule has 2 saturated carbocycles. The molecule has 174 valence electrons. The van der Waals surface area contributed by atoms with E-state index in [1.54, 1.807) is 5.57 Å². The summed E-state index contributed by atoms with van der Waals surface area (Å²) in [6.07, 6.45) is 20.9. The first-order valence-corrected chi connectivity index (χ1v) is 11.9. The van der Waals surface area contributed by atoms with Crippen molar-refractivity contribution in [1.82, 2.24) is 10.6 Å². The standard InChI is InChI=1S/C20H36N2.2C2H4O2/c1-3-7-19(8-4-1)21-15-17-11-13-18(14-12-17)16-22-20-9-5-2-6-10-20;2*1-2(3)4/h11,18-22H,1-10,12-16H2;2*1H3,(H,3,4). The predicted molar refractivity (Wildman–Crippen MR) is 122 cm³/mol. The van der Waals surface area contributed by atoms with Crippen LogP contribution in [0, 0.1) is 5.92 Å². The van der Waals surface area contributed by atoms with Crippen LogP contribution in [0.3, 0.4) is 0 Å². The van der Waals surface area contributed by atoms with Crippen molar-refractivity contribution in [1.29, 1.82) is 0 Å². The molecule has 2 fully saturated rings. The molecule has 0 aromatic heterocycles. The zero-order chi connectivity index (χ0) is 22.2. The first kappa shape index (κ1) is 26.6. The first-order chi connectivity index (χ1) is 14.4. The molecule has 0 amide bonds. The zero-order valence-electron chi connectivity index (χ0n) is 19.1. The van der Waals surface area contributed by atoms with Crippen molar-refractivity contribution in [3.63, 3.8) is 0 Å². The summed E-state index contributed by atoms with van der Waals surface area (Å²) in [6, 6.07) is 1.63. The number of carbonyl (C=O) groups is 2. The lowest BCUT2D eigenvalue weighted by Gasteiger charge is -2.28. The van der Waals surface area contributed by atoms with Gasteiger partial charge in [0.25, 0.3) is 11.9 Å². The Morgan fingerprint density at radius 3 is 1.73 bits per heavy atom. The van der Waals surface area contributed by atoms with Gasteiger partial charge in [-0.15, -0.1) is 0 Å². The van der Waals surface area contributed by atoms with Crippen molar-refractivity contribution >= 4 is 11.9 Å². The van der Waals surface area contributed by atoms with Crippen LogP contribution in [-0.2, 0) is 9.59 Å². The smallest absolute Gasteiger partial charge is 0.300 e. The number of aliphatic carboxylic acids is 2. The largest absolute Gasteiger partial charge is 0.481 e. The van der Waals surface area contributed by atoms with E-state index in [1.807, 2.05) is 0 Å². The summed E-state index contributed by atoms with van der Waals surface area (Å²) in [5, 5.41) is 22.5. The molecule has 0 bridgehead atoms. The number of hydrogen-bond acceptors (Lipinski definition) is 4. The van der Waals surface area contributed by atoms with Crippen LogP contribution in [0.2, 0.25) is 0 Å². The van der Waals surface area contributed by atoms with Crippen molar-refractivity contribution in [3.8, 4) is 0 Å². The van der Waals surface area contributed by atoms with Crippen LogP contribution in [0.25, 0.3) is 0 Å². The molecule has 0 saturated heterocycles. The maximum Gasteiger partial charge on any atom is 0.300 e. The van der Waals surface area contributed by atoms with Gasteiger partial charge in [0.05, 0.1) is 0 Å². The van der Waals surface area contributed by atoms with Gasteiger partial charge in [-0.2, -0.15) is 0 Å². The second kappa shape index (κ2) is 16.3. The van der Waals surface area contributed by atoms with Crippen molar-refractivity contribution < 1.29 is 19.8 Å². The summed E-state index contributed by atoms with van der Waals surface area (Å²) < 4.78 is 0. The summed E-state index contributed by atoms with van der Waals surface area (Å²) >= 11 is 0. The van der Waals surface area contributed by atoms with Crippen molar-refractivity contribution in [2.45, 2.75) is 109 Å². The average Bonchev–Trinajstić information content (AvgIpc) is 2.72. The van der Waals surface area contributed by atoms with Crippen LogP contribution in [-0.4, -0.2) is 47.3 Å². The van der Waals surface area contributed by atoms with E-state index >= 15 is 0 Å². The Hall–Kier alpha value is -1.40. The topological polar surface area (TPSA) is 98.7 Å². The molecule has 1 atom stereocenters. The van der Waals surface area contributed by atoms with Gasteiger partial charge in [-0.25, -0.2) is 0 Å². The molecule has 3 aliphatic rings. The summed E-state index contributed by atoms with van der Waals surface area (Å²) in [5.41, 5.74) is 1.68. The second-order valence-corrected chi connectivity index (χ2v) is 9.00. The van der Waals surface area contributed by atoms with Gasteiger partial charge >= 0.3 is 0 Å². The van der Waals surface area contributed by atoms with Crippen LogP contribution in [0.5, 0.6) is 0 Å². The molecule has 4 N–H and O–H groups in total. The van der Waals surface area contributed by atoms with E-state index in [4.69, 9.17) is 19.8 Å². The molecule has 1 unspecified atom stereocenters. The van der Waals surface area contributed by atoms with E-state index < -0.39 is 11.9 Å². The molecule has 0 aliphatic heterocycles. The average molecular weight is 425 g/mol. The van der Waals surface area contributed by atoms with Crippen LogP contribution in [0.15, 0.2) is 11.6 Å². The molecule has 0 radical (unpaired) electrons. The second-order valence-electron chi connectivity index (χ2n) is 9.00. The van der Waals surface area contributed by atoms with Crippen LogP contribution in [0.4, 0.5) is 0 Å². The fraction of sp³-hybridized carbons (Fsp3) is 0.833. The van der Waals surface area contributed by atoms with Gasteiger partial charge in [0.15, 0.2) is 0 Å². The van der Waals surface area contributed by atoms with Gasteiger partial charge in [0.1, 0.15) is 0 Å². The Bertz CT molecular complexity index is 489. The Morgan fingerprint density at radius 1 is 0.833 bits per heavy atom. The molecule has 30 heavy (non-hydrogen) atoms. The van der Waals surface area contributed by atoms with Crippen LogP contribution >= 0.6 is 0 Å². The van der Waals surface area contributed by atoms with E-state index in [0.29, 0.717) is 0 Å². The zero-order valence-corrected chi connectivity index (χ0v) is 19.1. The molecule has 3 rings (SSSR count). The molecule has 6 nitrogen and oxygen atoms in total. The highest BCUT2D eigenvalue weighted by Crippen LogP contribution is 2.25. The van der Waals surface area contributed by atoms with Gasteiger partial charge in [0, 0.05) is 32.5 Å². The van der Waals surface area contributed by atoms with Crippen molar-refractivity contribution in [2.75, 3.05) is 13.1 Å². The van der Waals surface area contributed by atoms with Gasteiger partial charge in [-0.05, 0) is 57.4 Å². The quantitative estimate of drug-likeness (QED) is 0.460. The summed E-state index contributed by atoms with van der Waals surface area (Å²) in [7, 11) is 0. The van der Waals surface area contributed by atoms with E-state index in [0.717, 1.165) is 38.4 Å². The fourth-order valence-corrected chi connectivity index (χ4v) is 4.51. The maximum atomic E-state index is 9.00. The third-order valence-corrected chi connectivity index (χ3v) is 6.14. The SMILES string of the molecule is C1=C(CNC2CCCCC2)CCC(CNC2CCCCC2)C1.CC(=O)O.CC(=O)O. The molecule has 0 spiro atoms. The highest BCUT2D eigenvalue weighted by atomic mass is 16.4. The van der Waals surface area contributed by atoms with Crippen LogP contribution < -0.4 is 10.6 Å². The fourth-order valence-electron chi connectivity index (χ4n) is 4.51. The molecule has 0 heterocycles. The molecular formula is C24H44N2O4. The number of rotatable bonds is 6. The normalized spacial score (nSPS) is 22.6. The monoisotopic (exact) mass is 424 g/mol. The minimum atomic E-state index is -0.833. The van der Waals surface area contributed by atoms with Gasteiger partial charge in [-0.3, -0.25) is 9.59 Å². The number of allylic oxidation sites excluding steroid dienone is 1. The Balaban J connectivity index is 0.000000485. The number of hydrogen-bond donors (Lipinski definition) is 4. The Labute approximate surface area is 182 Å². The van der Waals surface area contributed by atoms with E-state index in [1.165, 1.54) is 90.0 Å². The van der Waals surface area contributed by atoms with E-state index in [9.17, 15) is 0 Å². The summed E-state index contributed by atoms with van der Waals surface area (Å²) in [5.74, 6) is -0.777. The minimum Gasteiger partial charge on any atom is -0.481 e. The molecule has 0 aromatic rings. The number of nitrogens with one attached hydrogen (secondary N) is 2. The lowest BCUT2D eigenvalue weighted by molar-refractivity contribution is -0.135. The Kier molecular flexibility index (Phi) is 14.5. The van der Waals surface area contributed by atoms with E-state index in [-0.39, 0.29) is 0 Å². The van der Waals surface area contributed by atoms with Crippen molar-refractivity contribution in [2.24, 2.45) is 5.92 Å². The third-order valence-electron chi connectivity index (χ3n) is 6.14. The first-order valence-electron chi connectivity index (χ1n) is 11.9. The summed E-state index contributed by atoms with van der Waals surface area (Å²) in [4.78, 5) is 18.0. The Morgan fingerprint density at radius 2 is 1.30 bits per heavy atom. The number of carboxylic acids is 2. The van der Waals surface area contributed by atoms with Gasteiger partial charge in [-0.1, -0.05) is 50.2 Å². The van der Waals surface area contributed by atoms with Crippen LogP contribution in [0.1, 0.15) is 97.3 Å². The number of carboxylic acid groups (broad SMARTS) is 2. The lowest BCUT2D eigenvalue weighted by atomic mass is 9.88. The molecule has 6 heteroatoms. The van der Waals surface area contributed by atoms with Gasteiger partial charge in [0.2, 0.25) is 0 Å². The molecule has 3 aliphatic carbocycles.